The van der Waals surface area contributed by atoms with E-state index in [2.05, 4.69) is 9.97 Å². The number of carboxylic acids is 1. The van der Waals surface area contributed by atoms with Gasteiger partial charge in [-0.1, -0.05) is 52.5 Å². The zero-order valence-corrected chi connectivity index (χ0v) is 18.7. The van der Waals surface area contributed by atoms with Crippen molar-refractivity contribution in [1.29, 1.82) is 0 Å². The zero-order valence-electron chi connectivity index (χ0n) is 14.1. The van der Waals surface area contributed by atoms with E-state index in [9.17, 15) is 14.7 Å². The first kappa shape index (κ1) is 21.3. The number of carbonyl (C=O) groups is 2. The summed E-state index contributed by atoms with van der Waals surface area (Å²) in [7, 11) is 0. The number of alkyl halides is 4. The standard InChI is InChI=1S/C17H11Cl6N3O3/c18-11-12(19)16(21)10(13(28)29)9(15(11,20)17(16,22)23)8(27)4-5-1-2-6-7(3-5)26-14(24)25-6/h1-3,9-10H,4H2,(H,28,29)(H3,24,25,26)/t9-,10-,15?,16?/m0/s1. The lowest BCUT2D eigenvalue weighted by molar-refractivity contribution is -0.146. The van der Waals surface area contributed by atoms with E-state index in [0.29, 0.717) is 16.6 Å². The molecule has 0 amide bonds. The van der Waals surface area contributed by atoms with E-state index in [1.54, 1.807) is 18.2 Å². The Labute approximate surface area is 194 Å². The zero-order chi connectivity index (χ0) is 21.5. The molecule has 1 heterocycles. The third kappa shape index (κ3) is 2.54. The summed E-state index contributed by atoms with van der Waals surface area (Å²) in [6.07, 6.45) is -0.170. The summed E-state index contributed by atoms with van der Waals surface area (Å²) >= 11 is 38.4. The van der Waals surface area contributed by atoms with Crippen molar-refractivity contribution >= 4 is 98.3 Å². The number of halogens is 6. The molecule has 1 saturated carbocycles. The summed E-state index contributed by atoms with van der Waals surface area (Å²) < 4.78 is -2.12. The summed E-state index contributed by atoms with van der Waals surface area (Å²) in [5.74, 6) is -4.72. The first-order chi connectivity index (χ1) is 13.4. The Balaban J connectivity index is 1.78. The number of hydrogen-bond donors (Lipinski definition) is 3. The number of nitrogens with two attached hydrogens (primary N) is 1. The van der Waals surface area contributed by atoms with Crippen LogP contribution in [0, 0.1) is 11.8 Å². The van der Waals surface area contributed by atoms with Crippen LogP contribution in [0.15, 0.2) is 28.3 Å². The van der Waals surface area contributed by atoms with Gasteiger partial charge < -0.3 is 15.8 Å². The number of aromatic nitrogens is 2. The molecule has 6 nitrogen and oxygen atoms in total. The molecule has 29 heavy (non-hydrogen) atoms. The van der Waals surface area contributed by atoms with Gasteiger partial charge in [-0.05, 0) is 17.7 Å². The highest BCUT2D eigenvalue weighted by Crippen LogP contribution is 2.76. The van der Waals surface area contributed by atoms with Gasteiger partial charge in [-0.2, -0.15) is 0 Å². The number of H-pyrrole nitrogens is 1. The maximum atomic E-state index is 13.2. The second kappa shape index (κ2) is 6.55. The number of carboxylic acid groups (broad SMARTS) is 1. The van der Waals surface area contributed by atoms with Crippen LogP contribution in [-0.2, 0) is 16.0 Å². The van der Waals surface area contributed by atoms with E-state index >= 15 is 0 Å². The van der Waals surface area contributed by atoms with Gasteiger partial charge in [-0.15, -0.1) is 23.2 Å². The molecule has 2 aliphatic carbocycles. The number of benzene rings is 1. The van der Waals surface area contributed by atoms with Crippen molar-refractivity contribution in [3.8, 4) is 0 Å². The molecule has 4 rings (SSSR count). The van der Waals surface area contributed by atoms with Crippen LogP contribution in [0.5, 0.6) is 0 Å². The number of allylic oxidation sites excluding steroid dienone is 2. The van der Waals surface area contributed by atoms with Crippen LogP contribution in [0.1, 0.15) is 5.56 Å². The molecule has 2 aliphatic rings. The average Bonchev–Trinajstić information content (AvgIpc) is 3.10. The molecule has 154 valence electrons. The van der Waals surface area contributed by atoms with Crippen molar-refractivity contribution in [2.45, 2.75) is 20.5 Å². The summed E-state index contributed by atoms with van der Waals surface area (Å²) in [6, 6.07) is 5.02. The monoisotopic (exact) mass is 515 g/mol. The van der Waals surface area contributed by atoms with E-state index in [0.717, 1.165) is 0 Å². The van der Waals surface area contributed by atoms with Crippen LogP contribution in [0.4, 0.5) is 5.95 Å². The number of nitrogens with one attached hydrogen (secondary N) is 1. The van der Waals surface area contributed by atoms with Gasteiger partial charge in [-0.25, -0.2) is 4.98 Å². The lowest BCUT2D eigenvalue weighted by atomic mass is 9.77. The maximum absolute atomic E-state index is 13.2. The van der Waals surface area contributed by atoms with E-state index in [4.69, 9.17) is 75.3 Å². The molecule has 2 unspecified atom stereocenters. The van der Waals surface area contributed by atoms with Crippen molar-refractivity contribution in [2.24, 2.45) is 11.8 Å². The minimum absolute atomic E-state index is 0.170. The predicted molar refractivity (Wildman–Crippen MR) is 114 cm³/mol. The fraction of sp³-hybridized carbons (Fsp3) is 0.353. The molecule has 2 bridgehead atoms. The van der Waals surface area contributed by atoms with Gasteiger partial charge >= 0.3 is 5.97 Å². The summed E-state index contributed by atoms with van der Waals surface area (Å²) in [6.45, 7) is 0. The number of aliphatic carboxylic acids is 1. The van der Waals surface area contributed by atoms with Gasteiger partial charge in [0.2, 0.25) is 0 Å². The quantitative estimate of drug-likeness (QED) is 0.520. The van der Waals surface area contributed by atoms with Crippen LogP contribution >= 0.6 is 69.6 Å². The summed E-state index contributed by atoms with van der Waals surface area (Å²) in [4.78, 5) is 28.2. The molecule has 0 aliphatic heterocycles. The molecule has 0 radical (unpaired) electrons. The molecular formula is C17H11Cl6N3O3. The SMILES string of the molecule is Nc1nc2ccc(CC(=O)[C@H]3[C@@H](C(=O)O)C4(Cl)C(Cl)=C(Cl)C3(Cl)C4(Cl)Cl)cc2[nH]1. The Hall–Kier alpha value is -0.890. The van der Waals surface area contributed by atoms with Crippen molar-refractivity contribution in [2.75, 3.05) is 5.73 Å². The number of hydrogen-bond acceptors (Lipinski definition) is 4. The third-order valence-corrected chi connectivity index (χ3v) is 9.75. The lowest BCUT2D eigenvalue weighted by Gasteiger charge is -2.33. The minimum Gasteiger partial charge on any atom is -0.481 e. The molecule has 2 aromatic rings. The Bertz CT molecular complexity index is 1120. The van der Waals surface area contributed by atoms with E-state index < -0.39 is 37.7 Å². The lowest BCUT2D eigenvalue weighted by Crippen LogP contribution is -2.46. The number of anilines is 1. The number of carbonyl (C=O) groups excluding carboxylic acids is 1. The topological polar surface area (TPSA) is 109 Å². The van der Waals surface area contributed by atoms with Crippen LogP contribution < -0.4 is 5.73 Å². The van der Waals surface area contributed by atoms with Crippen molar-refractivity contribution in [3.05, 3.63) is 33.8 Å². The normalized spacial score (nSPS) is 32.9. The largest absolute Gasteiger partial charge is 0.481 e. The minimum atomic E-state index is -2.12. The third-order valence-electron chi connectivity index (χ3n) is 5.49. The van der Waals surface area contributed by atoms with Crippen molar-refractivity contribution < 1.29 is 14.7 Å². The van der Waals surface area contributed by atoms with Crippen LogP contribution in [-0.4, -0.2) is 40.9 Å². The summed E-state index contributed by atoms with van der Waals surface area (Å²) in [5, 5.41) is 9.32. The number of fused-ring (bicyclic) bond motifs is 3. The second-order valence-corrected chi connectivity index (χ2v) is 10.3. The van der Waals surface area contributed by atoms with Gasteiger partial charge in [0, 0.05) is 6.42 Å². The van der Waals surface area contributed by atoms with Crippen LogP contribution in [0.2, 0.25) is 0 Å². The number of ketones is 1. The number of aromatic amines is 1. The number of Topliss-reactive ketones (excluding diaryl/α,β-unsaturated/α-hetero) is 1. The fourth-order valence-corrected chi connectivity index (χ4v) is 7.16. The van der Waals surface area contributed by atoms with Gasteiger partial charge in [0.25, 0.3) is 0 Å². The first-order valence-corrected chi connectivity index (χ1v) is 10.5. The number of imidazole rings is 1. The van der Waals surface area contributed by atoms with Gasteiger partial charge in [0.15, 0.2) is 10.3 Å². The number of nitrogen functional groups attached to an aromatic ring is 1. The smallest absolute Gasteiger partial charge is 0.309 e. The fourth-order valence-electron chi connectivity index (χ4n) is 4.20. The molecule has 0 spiro atoms. The highest BCUT2D eigenvalue weighted by Gasteiger charge is 2.85. The second-order valence-electron chi connectivity index (χ2n) is 7.04. The maximum Gasteiger partial charge on any atom is 0.309 e. The Kier molecular flexibility index (Phi) is 4.82. The molecule has 1 aromatic heterocycles. The van der Waals surface area contributed by atoms with Crippen LogP contribution in [0.3, 0.4) is 0 Å². The Morgan fingerprint density at radius 1 is 1.10 bits per heavy atom. The van der Waals surface area contributed by atoms with E-state index in [1.807, 2.05) is 0 Å². The van der Waals surface area contributed by atoms with Crippen LogP contribution in [0.25, 0.3) is 11.0 Å². The molecule has 1 aromatic carbocycles. The molecule has 4 atom stereocenters. The highest BCUT2D eigenvalue weighted by molar-refractivity contribution is 6.66. The van der Waals surface area contributed by atoms with Crippen molar-refractivity contribution in [3.63, 3.8) is 0 Å². The Morgan fingerprint density at radius 2 is 1.69 bits per heavy atom. The van der Waals surface area contributed by atoms with Gasteiger partial charge in [0.1, 0.15) is 15.5 Å². The average molecular weight is 518 g/mol. The summed E-state index contributed by atoms with van der Waals surface area (Å²) in [5.41, 5.74) is 7.44. The van der Waals surface area contributed by atoms with Crippen molar-refractivity contribution in [1.82, 2.24) is 9.97 Å². The molecular weight excluding hydrogens is 507 g/mol. The highest BCUT2D eigenvalue weighted by atomic mass is 35.5. The van der Waals surface area contributed by atoms with E-state index in [1.165, 1.54) is 0 Å². The van der Waals surface area contributed by atoms with Gasteiger partial charge in [-0.3, -0.25) is 9.59 Å². The van der Waals surface area contributed by atoms with E-state index in [-0.39, 0.29) is 22.4 Å². The first-order valence-electron chi connectivity index (χ1n) is 8.18. The number of rotatable bonds is 4. The molecule has 0 saturated heterocycles. The predicted octanol–water partition coefficient (Wildman–Crippen LogP) is 4.42. The Morgan fingerprint density at radius 3 is 2.28 bits per heavy atom. The molecule has 12 heteroatoms. The van der Waals surface area contributed by atoms with Gasteiger partial charge in [0.05, 0.1) is 32.9 Å². The molecule has 4 N–H and O–H groups in total. The number of nitrogens with zero attached hydrogens (tertiary/aromatic N) is 1. The molecule has 1 fully saturated rings.